The van der Waals surface area contributed by atoms with E-state index in [0.717, 1.165) is 18.3 Å². The second-order valence-corrected chi connectivity index (χ2v) is 1.12. The Kier molecular flexibility index (Phi) is 31.6. The Hall–Kier alpha value is -0.0466. The molecule has 0 bridgehead atoms. The molecule has 6 heavy (non-hydrogen) atoms. The number of hydrogen-bond acceptors (Lipinski definition) is 3. The average molecular weight is 151 g/mol. The molecule has 0 amide bonds. The van der Waals surface area contributed by atoms with E-state index in [2.05, 4.69) is 12.6 Å². The first-order valence-electron chi connectivity index (χ1n) is 1.02. The van der Waals surface area contributed by atoms with Crippen LogP contribution in [-0.4, -0.2) is 0 Å². The van der Waals surface area contributed by atoms with E-state index in [9.17, 15) is 0 Å². The molecule has 4 heteroatoms. The van der Waals surface area contributed by atoms with Crippen LogP contribution in [0.4, 0.5) is 0 Å². The van der Waals surface area contributed by atoms with E-state index in [1.165, 1.54) is 5.40 Å². The maximum atomic E-state index is 7.38. The van der Waals surface area contributed by atoms with Crippen LogP contribution in [0.25, 0.3) is 0 Å². The van der Waals surface area contributed by atoms with Gasteiger partial charge in [-0.15, -0.1) is 0 Å². The third-order valence-electron chi connectivity index (χ3n) is 0. The van der Waals surface area contributed by atoms with Crippen LogP contribution in [0.5, 0.6) is 0 Å². The van der Waals surface area contributed by atoms with Crippen molar-refractivity contribution in [2.75, 3.05) is 0 Å². The molecule has 0 aromatic rings. The van der Waals surface area contributed by atoms with E-state index in [-0.39, 0.29) is 0 Å². The quantitative estimate of drug-likeness (QED) is 0.309. The first-order valence-corrected chi connectivity index (χ1v) is 2.96. The van der Waals surface area contributed by atoms with Crippen LogP contribution in [0.3, 0.4) is 0 Å². The molecule has 0 spiro atoms. The Labute approximate surface area is 51.8 Å². The first-order chi connectivity index (χ1) is 2.83. The van der Waals surface area contributed by atoms with Crippen LogP contribution in [-0.2, 0) is 18.3 Å². The molecule has 0 aliphatic heterocycles. The average Bonchev–Trinajstić information content (AvgIpc) is 1.39. The molecule has 0 aliphatic carbocycles. The van der Waals surface area contributed by atoms with Crippen LogP contribution in [0.15, 0.2) is 0 Å². The summed E-state index contributed by atoms with van der Waals surface area (Å²) in [6.45, 7) is 0. The fourth-order valence-corrected chi connectivity index (χ4v) is 0. The van der Waals surface area contributed by atoms with Crippen molar-refractivity contribution < 1.29 is 18.3 Å². The molecule has 0 atom stereocenters. The SMILES string of the molecule is N#CS.N#[C][Zn]. The van der Waals surface area contributed by atoms with E-state index in [1.54, 1.807) is 0 Å². The van der Waals surface area contributed by atoms with E-state index in [0.29, 0.717) is 0 Å². The van der Waals surface area contributed by atoms with Crippen LogP contribution < -0.4 is 0 Å². The van der Waals surface area contributed by atoms with Crippen LogP contribution >= 0.6 is 12.6 Å². The van der Waals surface area contributed by atoms with Gasteiger partial charge in [0.05, 0.1) is 0 Å². The second kappa shape index (κ2) is 20.3. The second-order valence-electron chi connectivity index (χ2n) is 0.258. The van der Waals surface area contributed by atoms with Crippen molar-refractivity contribution in [3.8, 4) is 10.1 Å². The number of nitriles is 2. The molecular weight excluding hydrogens is 149 g/mol. The fourth-order valence-electron chi connectivity index (χ4n) is 0. The van der Waals surface area contributed by atoms with Crippen LogP contribution in [0.2, 0.25) is 0 Å². The third kappa shape index (κ3) is 15900. The van der Waals surface area contributed by atoms with Gasteiger partial charge in [-0.25, -0.2) is 0 Å². The van der Waals surface area contributed by atoms with Gasteiger partial charge in [-0.1, -0.05) is 12.6 Å². The molecule has 0 aliphatic rings. The number of rotatable bonds is 0. The van der Waals surface area contributed by atoms with Gasteiger partial charge in [0.1, 0.15) is 5.40 Å². The topological polar surface area (TPSA) is 47.6 Å². The summed E-state index contributed by atoms with van der Waals surface area (Å²) in [5.74, 6) is 0. The molecule has 0 radical (unpaired) electrons. The molecule has 2 nitrogen and oxygen atoms in total. The van der Waals surface area contributed by atoms with Crippen LogP contribution in [0, 0.1) is 20.6 Å². The Morgan fingerprint density at radius 2 is 1.50 bits per heavy atom. The number of thiocyanates is 1. The minimum absolute atomic E-state index is 0.750. The maximum absolute atomic E-state index is 7.38. The molecule has 0 saturated heterocycles. The summed E-state index contributed by atoms with van der Waals surface area (Å²) in [5.41, 5.74) is 0. The zero-order valence-corrected chi connectivity index (χ0v) is 6.91. The molecule has 0 unspecified atom stereocenters. The third-order valence-corrected chi connectivity index (χ3v) is 0. The summed E-state index contributed by atoms with van der Waals surface area (Å²) >= 11 is 3.84. The monoisotopic (exact) mass is 149 g/mol. The van der Waals surface area contributed by atoms with Gasteiger partial charge < -0.3 is 0 Å². The van der Waals surface area contributed by atoms with Gasteiger partial charge in [0.15, 0.2) is 0 Å². The molecular formula is C2HN2SZn. The Morgan fingerprint density at radius 1 is 1.50 bits per heavy atom. The van der Waals surface area contributed by atoms with E-state index in [4.69, 9.17) is 10.5 Å². The van der Waals surface area contributed by atoms with Gasteiger partial charge in [0.25, 0.3) is 0 Å². The van der Waals surface area contributed by atoms with Crippen molar-refractivity contribution in [3.63, 3.8) is 0 Å². The number of thiol groups is 1. The minimum atomic E-state index is 0.750. The van der Waals surface area contributed by atoms with Crippen molar-refractivity contribution in [2.24, 2.45) is 0 Å². The molecule has 27 valence electrons. The van der Waals surface area contributed by atoms with Crippen molar-refractivity contribution >= 4 is 12.6 Å². The molecule has 0 rings (SSSR count). The first kappa shape index (κ1) is 9.35. The van der Waals surface area contributed by atoms with Gasteiger partial charge in [0.2, 0.25) is 0 Å². The van der Waals surface area contributed by atoms with Gasteiger partial charge in [-0.2, -0.15) is 5.26 Å². The summed E-state index contributed by atoms with van der Waals surface area (Å²) in [4.78, 5) is 0. The Morgan fingerprint density at radius 3 is 1.50 bits per heavy atom. The zero-order chi connectivity index (χ0) is 5.41. The predicted octanol–water partition coefficient (Wildman–Crippen LogP) is 0.412. The van der Waals surface area contributed by atoms with Crippen molar-refractivity contribution in [1.82, 2.24) is 0 Å². The molecule has 0 saturated carbocycles. The standard InChI is InChI=1S/CHNS.CN.Zn/c2-1-3;1-2;/h3H;;. The van der Waals surface area contributed by atoms with Gasteiger partial charge in [-0.3, -0.25) is 0 Å². The van der Waals surface area contributed by atoms with Gasteiger partial charge in [0, 0.05) is 0 Å². The summed E-state index contributed by atoms with van der Waals surface area (Å²) in [6, 6.07) is 0. The molecule has 0 aromatic heterocycles. The summed E-state index contributed by atoms with van der Waals surface area (Å²) in [6.07, 6.45) is 0. The molecule has 0 fully saturated rings. The Balaban J connectivity index is 0. The van der Waals surface area contributed by atoms with E-state index < -0.39 is 0 Å². The summed E-state index contributed by atoms with van der Waals surface area (Å²) in [5, 5.41) is 16.0. The molecule has 0 N–H and O–H groups in total. The molecule has 0 aromatic carbocycles. The molecule has 0 heterocycles. The fraction of sp³-hybridized carbons (Fsp3) is 0. The number of hydrogen-bond donors (Lipinski definition) is 1. The number of nitrogens with zero attached hydrogens (tertiary/aromatic N) is 2. The zero-order valence-electron chi connectivity index (χ0n) is 3.05. The van der Waals surface area contributed by atoms with E-state index in [1.807, 2.05) is 4.66 Å². The summed E-state index contributed by atoms with van der Waals surface area (Å²) < 4.78 is 1.88. The van der Waals surface area contributed by atoms with Crippen molar-refractivity contribution in [3.05, 3.63) is 0 Å². The van der Waals surface area contributed by atoms with Crippen LogP contribution in [0.1, 0.15) is 0 Å². The van der Waals surface area contributed by atoms with Gasteiger partial charge in [-0.05, 0) is 0 Å². The van der Waals surface area contributed by atoms with Gasteiger partial charge >= 0.3 is 28.2 Å². The van der Waals surface area contributed by atoms with E-state index >= 15 is 0 Å². The van der Waals surface area contributed by atoms with Crippen molar-refractivity contribution in [1.29, 1.82) is 10.5 Å². The Bertz CT molecular complexity index is 66.5. The summed E-state index contributed by atoms with van der Waals surface area (Å²) in [7, 11) is 0. The normalized spacial score (nSPS) is 2.83. The predicted molar refractivity (Wildman–Crippen MR) is 20.2 cm³/mol. The van der Waals surface area contributed by atoms with Crippen molar-refractivity contribution in [2.45, 2.75) is 0 Å².